The Morgan fingerprint density at radius 2 is 2.00 bits per heavy atom. The molecule has 3 nitrogen and oxygen atoms in total. The Morgan fingerprint density at radius 1 is 1.19 bits per heavy atom. The highest BCUT2D eigenvalue weighted by Crippen LogP contribution is 2.31. The summed E-state index contributed by atoms with van der Waals surface area (Å²) in [5.41, 5.74) is 3.03. The van der Waals surface area contributed by atoms with Crippen LogP contribution in [0.25, 0.3) is 10.9 Å². The van der Waals surface area contributed by atoms with Gasteiger partial charge in [-0.15, -0.1) is 0 Å². The molecule has 0 atom stereocenters. The van der Waals surface area contributed by atoms with E-state index in [1.165, 1.54) is 0 Å². The van der Waals surface area contributed by atoms with E-state index >= 15 is 0 Å². The number of aromatic nitrogens is 2. The van der Waals surface area contributed by atoms with E-state index in [1.807, 2.05) is 48.1 Å². The van der Waals surface area contributed by atoms with Gasteiger partial charge in [-0.3, -0.25) is 4.68 Å². The monoisotopic (exact) mass is 364 g/mol. The first kappa shape index (κ1) is 14.4. The highest BCUT2D eigenvalue weighted by atomic mass is 79.9. The van der Waals surface area contributed by atoms with Crippen LogP contribution in [0, 0.1) is 0 Å². The van der Waals surface area contributed by atoms with Crippen molar-refractivity contribution in [3.63, 3.8) is 0 Å². The summed E-state index contributed by atoms with van der Waals surface area (Å²) in [6, 6.07) is 13.9. The van der Waals surface area contributed by atoms with Crippen LogP contribution in [-0.2, 0) is 19.0 Å². The minimum absolute atomic E-state index is 0.394. The summed E-state index contributed by atoms with van der Waals surface area (Å²) < 4.78 is 7.80. The van der Waals surface area contributed by atoms with Crippen LogP contribution in [0.3, 0.4) is 0 Å². The number of fused-ring (bicyclic) bond motifs is 1. The second-order valence-corrected chi connectivity index (χ2v) is 5.71. The predicted octanol–water partition coefficient (Wildman–Crippen LogP) is 4.70. The van der Waals surface area contributed by atoms with Crippen LogP contribution in [-0.4, -0.2) is 9.78 Å². The fourth-order valence-electron chi connectivity index (χ4n) is 2.36. The quantitative estimate of drug-likeness (QED) is 0.627. The van der Waals surface area contributed by atoms with E-state index in [4.69, 9.17) is 16.3 Å². The van der Waals surface area contributed by atoms with Gasteiger partial charge in [-0.1, -0.05) is 57.9 Å². The molecule has 0 spiro atoms. The molecular weight excluding hydrogens is 352 g/mol. The molecule has 0 aliphatic heterocycles. The van der Waals surface area contributed by atoms with Gasteiger partial charge >= 0.3 is 0 Å². The molecule has 0 unspecified atom stereocenters. The van der Waals surface area contributed by atoms with Crippen molar-refractivity contribution in [3.05, 3.63) is 58.7 Å². The highest BCUT2D eigenvalue weighted by Gasteiger charge is 2.12. The zero-order valence-corrected chi connectivity index (χ0v) is 13.9. The number of hydrogen-bond acceptors (Lipinski definition) is 2. The minimum atomic E-state index is 0.394. The predicted molar refractivity (Wildman–Crippen MR) is 89.1 cm³/mol. The maximum Gasteiger partial charge on any atom is 0.142 e. The summed E-state index contributed by atoms with van der Waals surface area (Å²) in [5.74, 6) is 0.714. The largest absolute Gasteiger partial charge is 0.485 e. The molecule has 0 aliphatic carbocycles. The lowest BCUT2D eigenvalue weighted by atomic mass is 10.2. The zero-order chi connectivity index (χ0) is 14.8. The molecule has 0 radical (unpaired) electrons. The molecule has 0 bridgehead atoms. The van der Waals surface area contributed by atoms with Crippen molar-refractivity contribution in [1.82, 2.24) is 9.78 Å². The lowest BCUT2D eigenvalue weighted by Gasteiger charge is -2.10. The molecule has 0 N–H and O–H groups in total. The topological polar surface area (TPSA) is 27.1 Å². The lowest BCUT2D eigenvalue weighted by Crippen LogP contribution is -2.00. The third-order valence-electron chi connectivity index (χ3n) is 3.38. The molecule has 0 amide bonds. The average molecular weight is 366 g/mol. The fraction of sp³-hybridized carbons (Fsp3) is 0.188. The van der Waals surface area contributed by atoms with Gasteiger partial charge in [-0.25, -0.2) is 0 Å². The molecule has 0 saturated carbocycles. The molecule has 3 rings (SSSR count). The number of nitrogens with zero attached hydrogens (tertiary/aromatic N) is 2. The standard InChI is InChI=1S/C16H14BrClN2O/c1-20-15-8-3-2-6-12(15)14(19-20)10-21-16-11(9-17)5-4-7-13(16)18/h2-8H,9-10H2,1H3. The molecule has 21 heavy (non-hydrogen) atoms. The summed E-state index contributed by atoms with van der Waals surface area (Å²) in [7, 11) is 1.94. The molecule has 108 valence electrons. The summed E-state index contributed by atoms with van der Waals surface area (Å²) in [6.45, 7) is 0.394. The normalized spacial score (nSPS) is 11.0. The van der Waals surface area contributed by atoms with Gasteiger partial charge in [0.1, 0.15) is 18.1 Å². The van der Waals surface area contributed by atoms with E-state index in [9.17, 15) is 0 Å². The Balaban J connectivity index is 1.91. The third-order valence-corrected chi connectivity index (χ3v) is 4.28. The molecule has 3 aromatic rings. The first-order chi connectivity index (χ1) is 10.2. The van der Waals surface area contributed by atoms with Crippen molar-refractivity contribution in [2.24, 2.45) is 7.05 Å². The smallest absolute Gasteiger partial charge is 0.142 e. The van der Waals surface area contributed by atoms with Crippen molar-refractivity contribution < 1.29 is 4.74 Å². The molecule has 0 saturated heterocycles. The Labute approximate surface area is 136 Å². The number of ether oxygens (including phenoxy) is 1. The Kier molecular flexibility index (Phi) is 4.17. The summed E-state index contributed by atoms with van der Waals surface area (Å²) >= 11 is 9.68. The summed E-state index contributed by atoms with van der Waals surface area (Å²) in [4.78, 5) is 0. The number of aryl methyl sites for hydroxylation is 1. The third kappa shape index (κ3) is 2.78. The zero-order valence-electron chi connectivity index (χ0n) is 11.5. The number of hydrogen-bond donors (Lipinski definition) is 0. The van der Waals surface area contributed by atoms with Gasteiger partial charge in [0.2, 0.25) is 0 Å². The van der Waals surface area contributed by atoms with Crippen LogP contribution in [0.1, 0.15) is 11.3 Å². The molecule has 1 aromatic heterocycles. The van der Waals surface area contributed by atoms with Crippen LogP contribution < -0.4 is 4.74 Å². The van der Waals surface area contributed by atoms with Crippen LogP contribution in [0.15, 0.2) is 42.5 Å². The van der Waals surface area contributed by atoms with Crippen LogP contribution in [0.4, 0.5) is 0 Å². The molecule has 5 heteroatoms. The Hall–Kier alpha value is -1.52. The van der Waals surface area contributed by atoms with Gasteiger partial charge in [0.15, 0.2) is 0 Å². The SMILES string of the molecule is Cn1nc(COc2c(Cl)cccc2CBr)c2ccccc21. The lowest BCUT2D eigenvalue weighted by molar-refractivity contribution is 0.299. The molecule has 0 fully saturated rings. The van der Waals surface area contributed by atoms with Crippen molar-refractivity contribution >= 4 is 38.4 Å². The summed E-state index contributed by atoms with van der Waals surface area (Å²) in [6.07, 6.45) is 0. The summed E-state index contributed by atoms with van der Waals surface area (Å²) in [5, 5.41) is 6.95. The van der Waals surface area contributed by atoms with E-state index in [0.29, 0.717) is 22.7 Å². The van der Waals surface area contributed by atoms with Crippen LogP contribution in [0.5, 0.6) is 5.75 Å². The Morgan fingerprint density at radius 3 is 2.81 bits per heavy atom. The maximum atomic E-state index is 6.23. The van der Waals surface area contributed by atoms with Crippen molar-refractivity contribution in [1.29, 1.82) is 0 Å². The second-order valence-electron chi connectivity index (χ2n) is 4.74. The van der Waals surface area contributed by atoms with E-state index in [1.54, 1.807) is 0 Å². The van der Waals surface area contributed by atoms with Crippen molar-refractivity contribution in [3.8, 4) is 5.75 Å². The van der Waals surface area contributed by atoms with Gasteiger partial charge in [0, 0.05) is 23.3 Å². The number of rotatable bonds is 4. The van der Waals surface area contributed by atoms with Crippen molar-refractivity contribution in [2.45, 2.75) is 11.9 Å². The number of alkyl halides is 1. The minimum Gasteiger partial charge on any atom is -0.485 e. The highest BCUT2D eigenvalue weighted by molar-refractivity contribution is 9.08. The Bertz CT molecular complexity index is 785. The second kappa shape index (κ2) is 6.08. The maximum absolute atomic E-state index is 6.23. The molecule has 2 aromatic carbocycles. The number of halogens is 2. The van der Waals surface area contributed by atoms with Gasteiger partial charge in [0.05, 0.1) is 10.5 Å². The van der Waals surface area contributed by atoms with E-state index < -0.39 is 0 Å². The van der Waals surface area contributed by atoms with Gasteiger partial charge in [0.25, 0.3) is 0 Å². The molecular formula is C16H14BrClN2O. The van der Waals surface area contributed by atoms with Gasteiger partial charge < -0.3 is 4.74 Å². The van der Waals surface area contributed by atoms with E-state index in [0.717, 1.165) is 22.2 Å². The van der Waals surface area contributed by atoms with E-state index in [-0.39, 0.29) is 0 Å². The van der Waals surface area contributed by atoms with E-state index in [2.05, 4.69) is 27.1 Å². The molecule has 0 aliphatic rings. The van der Waals surface area contributed by atoms with Gasteiger partial charge in [-0.2, -0.15) is 5.10 Å². The first-order valence-corrected chi connectivity index (χ1v) is 8.07. The first-order valence-electron chi connectivity index (χ1n) is 6.57. The average Bonchev–Trinajstić information content (AvgIpc) is 2.83. The number of para-hydroxylation sites is 2. The molecule has 1 heterocycles. The number of benzene rings is 2. The van der Waals surface area contributed by atoms with Crippen LogP contribution in [0.2, 0.25) is 5.02 Å². The fourth-order valence-corrected chi connectivity index (χ4v) is 3.05. The van der Waals surface area contributed by atoms with Crippen LogP contribution >= 0.6 is 27.5 Å². The van der Waals surface area contributed by atoms with Crippen molar-refractivity contribution in [2.75, 3.05) is 0 Å². The van der Waals surface area contributed by atoms with Gasteiger partial charge in [-0.05, 0) is 12.1 Å².